The Morgan fingerprint density at radius 2 is 1.65 bits per heavy atom. The van der Waals surface area contributed by atoms with E-state index in [0.717, 1.165) is 12.1 Å². The minimum absolute atomic E-state index is 0.157. The minimum atomic E-state index is -0.738. The van der Waals surface area contributed by atoms with Crippen molar-refractivity contribution in [3.05, 3.63) is 48.2 Å². The Hall–Kier alpha value is -2.83. The number of hydrogen-bond donors (Lipinski definition) is 4. The third-order valence-electron chi connectivity index (χ3n) is 3.60. The van der Waals surface area contributed by atoms with Crippen LogP contribution in [0.5, 0.6) is 0 Å². The Morgan fingerprint density at radius 3 is 2.27 bits per heavy atom. The third kappa shape index (κ3) is 8.32. The summed E-state index contributed by atoms with van der Waals surface area (Å²) in [5.74, 6) is -0.928. The van der Waals surface area contributed by atoms with Crippen LogP contribution >= 0.6 is 0 Å². The standard InChI is InChI=1S/C19H28N4O3/c1-4-17(24)21-13-18(25)23-16(11-15-9-7-6-8-10-15)19(26)22-12-14(3)20-5-2/h6-10,16,20H,3-5,11-13H2,1-2H3,(H,21,24)(H,22,26)(H,23,25). The van der Waals surface area contributed by atoms with Gasteiger partial charge in [-0.2, -0.15) is 0 Å². The smallest absolute Gasteiger partial charge is 0.243 e. The van der Waals surface area contributed by atoms with E-state index in [4.69, 9.17) is 0 Å². The van der Waals surface area contributed by atoms with E-state index < -0.39 is 11.9 Å². The number of benzene rings is 1. The monoisotopic (exact) mass is 360 g/mol. The molecule has 1 aromatic rings. The molecular weight excluding hydrogens is 332 g/mol. The van der Waals surface area contributed by atoms with Gasteiger partial charge in [0.15, 0.2) is 0 Å². The minimum Gasteiger partial charge on any atom is -0.388 e. The molecule has 1 aromatic carbocycles. The van der Waals surface area contributed by atoms with Crippen molar-refractivity contribution in [1.29, 1.82) is 0 Å². The lowest BCUT2D eigenvalue weighted by atomic mass is 10.1. The lowest BCUT2D eigenvalue weighted by molar-refractivity contribution is -0.129. The van der Waals surface area contributed by atoms with Crippen LogP contribution in [-0.4, -0.2) is 43.4 Å². The van der Waals surface area contributed by atoms with Crippen LogP contribution in [-0.2, 0) is 20.8 Å². The maximum absolute atomic E-state index is 12.5. The van der Waals surface area contributed by atoms with E-state index in [1.807, 2.05) is 37.3 Å². The van der Waals surface area contributed by atoms with E-state index in [0.29, 0.717) is 18.5 Å². The summed E-state index contributed by atoms with van der Waals surface area (Å²) in [6, 6.07) is 8.68. The largest absolute Gasteiger partial charge is 0.388 e. The van der Waals surface area contributed by atoms with Crippen LogP contribution in [0.2, 0.25) is 0 Å². The molecule has 142 valence electrons. The summed E-state index contributed by atoms with van der Waals surface area (Å²) in [6.45, 7) is 8.30. The van der Waals surface area contributed by atoms with Crippen molar-refractivity contribution in [3.63, 3.8) is 0 Å². The molecule has 0 bridgehead atoms. The summed E-state index contributed by atoms with van der Waals surface area (Å²) in [4.78, 5) is 35.9. The van der Waals surface area contributed by atoms with Crippen LogP contribution in [0.15, 0.2) is 42.6 Å². The molecule has 7 heteroatoms. The molecule has 0 saturated carbocycles. The summed E-state index contributed by atoms with van der Waals surface area (Å²) in [5, 5.41) is 11.0. The average molecular weight is 360 g/mol. The van der Waals surface area contributed by atoms with Crippen LogP contribution in [0.3, 0.4) is 0 Å². The fourth-order valence-electron chi connectivity index (χ4n) is 2.24. The van der Waals surface area contributed by atoms with E-state index >= 15 is 0 Å². The SMILES string of the molecule is C=C(CNC(=O)C(Cc1ccccc1)NC(=O)CNC(=O)CC)NCC. The molecule has 3 amide bonds. The van der Waals surface area contributed by atoms with Gasteiger partial charge in [-0.25, -0.2) is 0 Å². The van der Waals surface area contributed by atoms with Gasteiger partial charge in [0.25, 0.3) is 0 Å². The van der Waals surface area contributed by atoms with Crippen molar-refractivity contribution in [2.75, 3.05) is 19.6 Å². The summed E-state index contributed by atoms with van der Waals surface area (Å²) < 4.78 is 0. The zero-order chi connectivity index (χ0) is 19.4. The summed E-state index contributed by atoms with van der Waals surface area (Å²) in [7, 11) is 0. The van der Waals surface area contributed by atoms with Crippen LogP contribution < -0.4 is 21.3 Å². The first-order valence-corrected chi connectivity index (χ1v) is 8.75. The van der Waals surface area contributed by atoms with Crippen LogP contribution in [0.1, 0.15) is 25.8 Å². The summed E-state index contributed by atoms with van der Waals surface area (Å²) in [5.41, 5.74) is 1.62. The van der Waals surface area contributed by atoms with E-state index in [9.17, 15) is 14.4 Å². The molecule has 0 aliphatic heterocycles. The molecule has 26 heavy (non-hydrogen) atoms. The number of amides is 3. The Kier molecular flexibility index (Phi) is 9.53. The van der Waals surface area contributed by atoms with Crippen molar-refractivity contribution < 1.29 is 14.4 Å². The first-order chi connectivity index (χ1) is 12.5. The number of carbonyl (C=O) groups is 3. The molecule has 1 unspecified atom stereocenters. The molecule has 0 spiro atoms. The summed E-state index contributed by atoms with van der Waals surface area (Å²) in [6.07, 6.45) is 0.654. The molecule has 0 saturated heterocycles. The van der Waals surface area contributed by atoms with Gasteiger partial charge in [-0.1, -0.05) is 43.8 Å². The van der Waals surface area contributed by atoms with Crippen molar-refractivity contribution in [2.45, 2.75) is 32.7 Å². The molecular formula is C19H28N4O3. The van der Waals surface area contributed by atoms with Gasteiger partial charge in [0.2, 0.25) is 17.7 Å². The zero-order valence-electron chi connectivity index (χ0n) is 15.4. The quantitative estimate of drug-likeness (QED) is 0.461. The Morgan fingerprint density at radius 1 is 0.962 bits per heavy atom. The Bertz CT molecular complexity index is 616. The fourth-order valence-corrected chi connectivity index (χ4v) is 2.24. The van der Waals surface area contributed by atoms with Crippen LogP contribution in [0.4, 0.5) is 0 Å². The average Bonchev–Trinajstić information content (AvgIpc) is 2.64. The summed E-state index contributed by atoms with van der Waals surface area (Å²) >= 11 is 0. The Labute approximate surface area is 154 Å². The van der Waals surface area contributed by atoms with Gasteiger partial charge in [-0.15, -0.1) is 0 Å². The lowest BCUT2D eigenvalue weighted by Gasteiger charge is -2.19. The topological polar surface area (TPSA) is 99.3 Å². The predicted octanol–water partition coefficient (Wildman–Crippen LogP) is 0.480. The Balaban J connectivity index is 2.68. The number of rotatable bonds is 11. The molecule has 0 fully saturated rings. The van der Waals surface area contributed by atoms with Gasteiger partial charge < -0.3 is 21.3 Å². The second kappa shape index (κ2) is 11.7. The molecule has 7 nitrogen and oxygen atoms in total. The van der Waals surface area contributed by atoms with Crippen LogP contribution in [0, 0.1) is 0 Å². The van der Waals surface area contributed by atoms with Crippen molar-refractivity contribution in [1.82, 2.24) is 21.3 Å². The highest BCUT2D eigenvalue weighted by Crippen LogP contribution is 2.04. The van der Waals surface area contributed by atoms with E-state index in [1.54, 1.807) is 6.92 Å². The van der Waals surface area contributed by atoms with Crippen molar-refractivity contribution in [2.24, 2.45) is 0 Å². The first-order valence-electron chi connectivity index (χ1n) is 8.75. The van der Waals surface area contributed by atoms with Gasteiger partial charge in [0.05, 0.1) is 13.1 Å². The first kappa shape index (κ1) is 21.2. The van der Waals surface area contributed by atoms with Gasteiger partial charge in [-0.05, 0) is 12.5 Å². The van der Waals surface area contributed by atoms with Gasteiger partial charge in [0, 0.05) is 25.1 Å². The van der Waals surface area contributed by atoms with E-state index in [1.165, 1.54) is 0 Å². The number of likely N-dealkylation sites (N-methyl/N-ethyl adjacent to an activating group) is 1. The molecule has 0 aromatic heterocycles. The van der Waals surface area contributed by atoms with E-state index in [-0.39, 0.29) is 24.9 Å². The van der Waals surface area contributed by atoms with Gasteiger partial charge >= 0.3 is 0 Å². The molecule has 1 atom stereocenters. The number of nitrogens with one attached hydrogen (secondary N) is 4. The fraction of sp³-hybridized carbons (Fsp3) is 0.421. The van der Waals surface area contributed by atoms with Crippen LogP contribution in [0.25, 0.3) is 0 Å². The maximum atomic E-state index is 12.5. The van der Waals surface area contributed by atoms with Crippen molar-refractivity contribution >= 4 is 17.7 Å². The number of carbonyl (C=O) groups excluding carboxylic acids is 3. The van der Waals surface area contributed by atoms with Gasteiger partial charge in [-0.3, -0.25) is 14.4 Å². The molecule has 0 aliphatic rings. The maximum Gasteiger partial charge on any atom is 0.243 e. The highest BCUT2D eigenvalue weighted by Gasteiger charge is 2.21. The lowest BCUT2D eigenvalue weighted by Crippen LogP contribution is -2.51. The normalized spacial score (nSPS) is 11.2. The molecule has 0 aliphatic carbocycles. The zero-order valence-corrected chi connectivity index (χ0v) is 15.4. The van der Waals surface area contributed by atoms with Gasteiger partial charge in [0.1, 0.15) is 6.04 Å². The molecule has 0 radical (unpaired) electrons. The third-order valence-corrected chi connectivity index (χ3v) is 3.60. The van der Waals surface area contributed by atoms with Crippen molar-refractivity contribution in [3.8, 4) is 0 Å². The molecule has 1 rings (SSSR count). The van der Waals surface area contributed by atoms with E-state index in [2.05, 4.69) is 27.8 Å². The molecule has 4 N–H and O–H groups in total. The highest BCUT2D eigenvalue weighted by molar-refractivity contribution is 5.90. The second-order valence-corrected chi connectivity index (χ2v) is 5.79. The molecule has 0 heterocycles. The highest BCUT2D eigenvalue weighted by atomic mass is 16.2. The second-order valence-electron chi connectivity index (χ2n) is 5.79. The predicted molar refractivity (Wildman–Crippen MR) is 101 cm³/mol. The number of hydrogen-bond acceptors (Lipinski definition) is 4.